The summed E-state index contributed by atoms with van der Waals surface area (Å²) in [6.45, 7) is 23.7. The zero-order chi connectivity index (χ0) is 56.9. The summed E-state index contributed by atoms with van der Waals surface area (Å²) in [5.74, 6) is 3.81. The number of halogens is 1. The molecule has 5 N–H and O–H groups in total. The minimum atomic E-state index is -3.71. The van der Waals surface area contributed by atoms with Crippen molar-refractivity contribution < 1.29 is 61.3 Å². The predicted molar refractivity (Wildman–Crippen MR) is 296 cm³/mol. The van der Waals surface area contributed by atoms with Gasteiger partial charge in [-0.1, -0.05) is 46.4 Å². The molecule has 0 saturated carbocycles. The molecule has 0 amide bonds. The van der Waals surface area contributed by atoms with Crippen molar-refractivity contribution in [1.29, 1.82) is 0 Å². The summed E-state index contributed by atoms with van der Waals surface area (Å²) in [6, 6.07) is -1.49. The number of allylic oxidation sites excluding steroid dienone is 2. The van der Waals surface area contributed by atoms with Crippen LogP contribution >= 0.6 is 0 Å². The third-order valence-electron chi connectivity index (χ3n) is 16.9. The quantitative estimate of drug-likeness (QED) is 0.0351. The summed E-state index contributed by atoms with van der Waals surface area (Å²) in [5, 5.41) is 40.6. The average Bonchev–Trinajstić information content (AvgIpc) is 3.93. The molecule has 18 nitrogen and oxygen atoms in total. The number of likely N-dealkylation sites (N-methyl/N-ethyl adjacent to an activating group) is 1. The number of rotatable bonds is 20. The number of nitrogens with zero attached hydrogens (tertiary/aromatic N) is 5. The normalized spacial score (nSPS) is 37.8. The Labute approximate surface area is 455 Å². The van der Waals surface area contributed by atoms with Crippen molar-refractivity contribution in [3.63, 3.8) is 0 Å². The lowest BCUT2D eigenvalue weighted by Gasteiger charge is -2.47. The van der Waals surface area contributed by atoms with E-state index >= 15 is 0 Å². The standard InChI is InChI=1S/C56H99FN6O12S/c1-16-43(21-20-40(7)76(68,69)63-23-18-19-24-63)51(70-14)46(32-57)59-33-44(60-58)22-25-61(12)45-26-38(5)74-49(27-45)72-35-56(67)28-36(3)34-62(13)42(9)52(64)55(11,66)48(17-2)75-53(65)41(8)50(37(4)29-56)47-31-54(10,71-15)30-39(6)73-47/h16,20-21,33,36-39,41-42,45-52,64,66-67H,7,17-19,22-32,34-35,58H2,1-6,8-15H3/b21-20-,43-16+,59-33?,60-44?/t36-,37-,38-,39+,41-,42-,45+,46-,47?,48-,49-,50+,51-,52-,54+,55-,56-/m1/s1. The van der Waals surface area contributed by atoms with E-state index in [2.05, 4.69) is 35.4 Å². The van der Waals surface area contributed by atoms with Gasteiger partial charge in [0.05, 0.1) is 52.7 Å². The van der Waals surface area contributed by atoms with Crippen molar-refractivity contribution in [2.24, 2.45) is 39.6 Å². The van der Waals surface area contributed by atoms with Crippen LogP contribution in [0.3, 0.4) is 0 Å². The molecule has 4 saturated heterocycles. The van der Waals surface area contributed by atoms with Crippen LogP contribution in [0.4, 0.5) is 4.39 Å². The number of aliphatic hydroxyl groups excluding tert-OH is 1. The fraction of sp³-hybridized carbons (Fsp3) is 0.839. The van der Waals surface area contributed by atoms with Crippen molar-refractivity contribution in [3.8, 4) is 0 Å². The van der Waals surface area contributed by atoms with Gasteiger partial charge in [0.2, 0.25) is 10.0 Å². The zero-order valence-electron chi connectivity index (χ0n) is 48.5. The molecule has 0 radical (unpaired) electrons. The first kappa shape index (κ1) is 65.8. The molecule has 4 aliphatic heterocycles. The predicted octanol–water partition coefficient (Wildman–Crippen LogP) is 6.17. The number of carbonyl (C=O) groups excluding carboxylic acids is 1. The van der Waals surface area contributed by atoms with Gasteiger partial charge in [-0.05, 0) is 118 Å². The molecule has 0 aliphatic carbocycles. The fourth-order valence-electron chi connectivity index (χ4n) is 12.4. The number of alkyl halides is 1. The van der Waals surface area contributed by atoms with Gasteiger partial charge < -0.3 is 59.4 Å². The van der Waals surface area contributed by atoms with E-state index < -0.39 is 94.1 Å². The van der Waals surface area contributed by atoms with E-state index in [0.717, 1.165) is 12.8 Å². The Bertz CT molecular complexity index is 2090. The van der Waals surface area contributed by atoms with E-state index in [1.54, 1.807) is 26.2 Å². The molecule has 0 aromatic rings. The lowest BCUT2D eigenvalue weighted by Crippen LogP contribution is -2.59. The lowest BCUT2D eigenvalue weighted by molar-refractivity contribution is -0.228. The summed E-state index contributed by atoms with van der Waals surface area (Å²) >= 11 is 0. The monoisotopic (exact) mass is 1100 g/mol. The minimum absolute atomic E-state index is 0.0113. The largest absolute Gasteiger partial charge is 0.459 e. The minimum Gasteiger partial charge on any atom is -0.459 e. The molecular weight excluding hydrogens is 1000 g/mol. The lowest BCUT2D eigenvalue weighted by atomic mass is 9.70. The van der Waals surface area contributed by atoms with E-state index in [-0.39, 0.29) is 54.4 Å². The molecule has 0 bridgehead atoms. The molecule has 0 aromatic heterocycles. The van der Waals surface area contributed by atoms with Crippen molar-refractivity contribution in [2.45, 2.75) is 211 Å². The highest BCUT2D eigenvalue weighted by Crippen LogP contribution is 2.43. The van der Waals surface area contributed by atoms with Crippen LogP contribution in [0.5, 0.6) is 0 Å². The zero-order valence-corrected chi connectivity index (χ0v) is 49.3. The summed E-state index contributed by atoms with van der Waals surface area (Å²) in [5.41, 5.74) is -2.69. The second-order valence-electron chi connectivity index (χ2n) is 23.3. The summed E-state index contributed by atoms with van der Waals surface area (Å²) < 4.78 is 79.8. The van der Waals surface area contributed by atoms with Crippen LogP contribution in [0.25, 0.3) is 0 Å². The number of cyclic esters (lactones) is 1. The van der Waals surface area contributed by atoms with E-state index in [9.17, 15) is 32.9 Å². The van der Waals surface area contributed by atoms with Gasteiger partial charge in [0, 0.05) is 90.3 Å². The van der Waals surface area contributed by atoms with Crippen LogP contribution in [-0.2, 0) is 43.2 Å². The van der Waals surface area contributed by atoms with E-state index in [1.165, 1.54) is 30.6 Å². The second kappa shape index (κ2) is 29.1. The Kier molecular flexibility index (Phi) is 25.2. The van der Waals surface area contributed by atoms with Gasteiger partial charge in [-0.3, -0.25) is 9.79 Å². The molecule has 1 unspecified atom stereocenters. The highest BCUT2D eigenvalue weighted by Gasteiger charge is 2.50. The molecule has 4 rings (SSSR count). The molecule has 4 fully saturated rings. The van der Waals surface area contributed by atoms with E-state index in [0.29, 0.717) is 76.0 Å². The second-order valence-corrected chi connectivity index (χ2v) is 25.3. The van der Waals surface area contributed by atoms with Gasteiger partial charge in [-0.25, -0.2) is 12.8 Å². The number of hydrogen-bond donors (Lipinski definition) is 4. The average molecular weight is 1100 g/mol. The molecule has 4 heterocycles. The number of aliphatic hydroxyl groups is 3. The number of methoxy groups -OCH3 is 2. The molecule has 0 spiro atoms. The Hall–Kier alpha value is -2.73. The summed E-state index contributed by atoms with van der Waals surface area (Å²) in [7, 11) is 3.31. The van der Waals surface area contributed by atoms with Crippen LogP contribution in [0.2, 0.25) is 0 Å². The van der Waals surface area contributed by atoms with Gasteiger partial charge in [0.1, 0.15) is 36.6 Å². The molecule has 20 heteroatoms. The smallest absolute Gasteiger partial charge is 0.309 e. The molecule has 438 valence electrons. The van der Waals surface area contributed by atoms with Crippen molar-refractivity contribution in [1.82, 2.24) is 14.1 Å². The number of sulfonamides is 1. The SMILES string of the molecule is C=C(/C=C\C(=C/C)[C@@H](OC)[C@@H](CF)N=CC(CCN(C)[C@@H]1C[C@H](OC[C@@]2(O)C[C@@H](C)CN(C)[C@H](C)[C@@H](O)[C@](C)(O)[C@@H](CC)OC(=O)[C@H](C)[C@@H](C3C[C@@](C)(OC)C[C@H](C)O3)[C@H](C)C2)O[C@H](C)C1)=NN)S(=O)(=O)N1CCCC1. The Morgan fingerprint density at radius 2 is 1.70 bits per heavy atom. The number of carbonyl (C=O) groups is 1. The summed E-state index contributed by atoms with van der Waals surface area (Å²) in [4.78, 5) is 23.0. The Morgan fingerprint density at radius 3 is 2.29 bits per heavy atom. The number of aliphatic imine (C=N–C) groups is 1. The molecule has 17 atom stereocenters. The maximum Gasteiger partial charge on any atom is 0.309 e. The number of esters is 1. The van der Waals surface area contributed by atoms with Crippen molar-refractivity contribution in [3.05, 3.63) is 35.3 Å². The molecule has 0 aromatic carbocycles. The number of nitrogens with two attached hydrogens (primary N) is 1. The van der Waals surface area contributed by atoms with Crippen molar-refractivity contribution >= 4 is 27.9 Å². The van der Waals surface area contributed by atoms with Crippen LogP contribution in [0.1, 0.15) is 133 Å². The van der Waals surface area contributed by atoms with Crippen LogP contribution in [-0.4, -0.2) is 201 Å². The molecule has 76 heavy (non-hydrogen) atoms. The first-order valence-corrected chi connectivity index (χ1v) is 29.2. The van der Waals surface area contributed by atoms with Crippen LogP contribution in [0.15, 0.2) is 45.4 Å². The Morgan fingerprint density at radius 1 is 1.03 bits per heavy atom. The fourth-order valence-corrected chi connectivity index (χ4v) is 13.7. The van der Waals surface area contributed by atoms with Gasteiger partial charge in [-0.15, -0.1) is 0 Å². The number of hydrogen-bond acceptors (Lipinski definition) is 17. The molecular formula is C56H99FN6O12S. The van der Waals surface area contributed by atoms with Crippen LogP contribution < -0.4 is 5.84 Å². The van der Waals surface area contributed by atoms with E-state index in [4.69, 9.17) is 34.3 Å². The van der Waals surface area contributed by atoms with Crippen LogP contribution in [0, 0.1) is 23.7 Å². The topological polar surface area (TPSA) is 228 Å². The van der Waals surface area contributed by atoms with Gasteiger partial charge >= 0.3 is 5.97 Å². The first-order valence-electron chi connectivity index (χ1n) is 27.8. The Balaban J connectivity index is 1.52. The van der Waals surface area contributed by atoms with E-state index in [1.807, 2.05) is 60.5 Å². The van der Waals surface area contributed by atoms with Gasteiger partial charge in [0.15, 0.2) is 6.29 Å². The third kappa shape index (κ3) is 17.4. The van der Waals surface area contributed by atoms with Crippen molar-refractivity contribution in [2.75, 3.05) is 67.8 Å². The third-order valence-corrected chi connectivity index (χ3v) is 18.7. The van der Waals surface area contributed by atoms with Gasteiger partial charge in [-0.2, -0.15) is 9.41 Å². The first-order chi connectivity index (χ1) is 35.6. The molecule has 4 aliphatic rings. The highest BCUT2D eigenvalue weighted by molar-refractivity contribution is 7.93. The maximum absolute atomic E-state index is 14.7. The summed E-state index contributed by atoms with van der Waals surface area (Å²) in [6.07, 6.45) is 6.96. The van der Waals surface area contributed by atoms with Gasteiger partial charge in [0.25, 0.3) is 0 Å². The highest BCUT2D eigenvalue weighted by atomic mass is 32.2. The number of ether oxygens (including phenoxy) is 6. The maximum atomic E-state index is 14.7. The number of hydrazone groups is 1.